The van der Waals surface area contributed by atoms with E-state index >= 15 is 0 Å². The van der Waals surface area contributed by atoms with Gasteiger partial charge in [-0.1, -0.05) is 33.5 Å². The molecule has 0 N–H and O–H groups in total. The molecular formula is C12H27O3Si2-. The van der Waals surface area contributed by atoms with Gasteiger partial charge >= 0.3 is 0 Å². The fourth-order valence-corrected chi connectivity index (χ4v) is 5.17. The molecule has 0 spiro atoms. The van der Waals surface area contributed by atoms with Gasteiger partial charge in [0.15, 0.2) is 8.32 Å². The summed E-state index contributed by atoms with van der Waals surface area (Å²) in [5.41, 5.74) is 0. The number of aliphatic carboxylic acids is 1. The van der Waals surface area contributed by atoms with Gasteiger partial charge in [0.1, 0.15) is 0 Å². The summed E-state index contributed by atoms with van der Waals surface area (Å²) in [6.45, 7) is 16.3. The Balaban J connectivity index is 5.37. The van der Waals surface area contributed by atoms with E-state index in [0.29, 0.717) is 0 Å². The molecule has 0 aromatic rings. The third-order valence-electron chi connectivity index (χ3n) is 3.49. The first kappa shape index (κ1) is 16.9. The fourth-order valence-electron chi connectivity index (χ4n) is 1.96. The number of carbonyl (C=O) groups is 1. The second-order valence-electron chi connectivity index (χ2n) is 6.87. The monoisotopic (exact) mass is 275 g/mol. The standard InChI is InChI=1S/C12H28O3Si2/c1-9-10(15-17(6,7)8)12(2,11(13)14)16(3,4)5/h10H,9H2,1-8H3,(H,13,14)/p-1. The van der Waals surface area contributed by atoms with Crippen molar-refractivity contribution in [3.8, 4) is 0 Å². The Labute approximate surface area is 108 Å². The predicted molar refractivity (Wildman–Crippen MR) is 75.2 cm³/mol. The summed E-state index contributed by atoms with van der Waals surface area (Å²) in [4.78, 5) is 11.6. The minimum atomic E-state index is -1.92. The summed E-state index contributed by atoms with van der Waals surface area (Å²) in [5, 5.41) is 10.8. The number of carboxylic acid groups (broad SMARTS) is 1. The molecule has 0 bridgehead atoms. The van der Waals surface area contributed by atoms with Crippen molar-refractivity contribution in [2.24, 2.45) is 0 Å². The minimum Gasteiger partial charge on any atom is -0.550 e. The molecule has 0 aromatic heterocycles. The average molecular weight is 276 g/mol. The average Bonchev–Trinajstić information content (AvgIpc) is 2.09. The van der Waals surface area contributed by atoms with Crippen molar-refractivity contribution >= 4 is 22.4 Å². The molecule has 3 nitrogen and oxygen atoms in total. The van der Waals surface area contributed by atoms with Gasteiger partial charge in [0.05, 0.1) is 14.2 Å². The van der Waals surface area contributed by atoms with E-state index in [0.717, 1.165) is 6.42 Å². The van der Waals surface area contributed by atoms with E-state index in [9.17, 15) is 9.90 Å². The van der Waals surface area contributed by atoms with Gasteiger partial charge < -0.3 is 14.3 Å². The van der Waals surface area contributed by atoms with E-state index < -0.39 is 27.4 Å². The molecule has 17 heavy (non-hydrogen) atoms. The zero-order valence-corrected chi connectivity index (χ0v) is 14.5. The molecule has 0 heterocycles. The summed E-state index contributed by atoms with van der Waals surface area (Å²) >= 11 is 0. The van der Waals surface area contributed by atoms with Crippen LogP contribution in [0.25, 0.3) is 0 Å². The van der Waals surface area contributed by atoms with Crippen molar-refractivity contribution in [2.75, 3.05) is 0 Å². The molecule has 0 saturated heterocycles. The van der Waals surface area contributed by atoms with Crippen LogP contribution in [0.15, 0.2) is 0 Å². The Morgan fingerprint density at radius 1 is 1.24 bits per heavy atom. The Kier molecular flexibility index (Phi) is 5.20. The van der Waals surface area contributed by atoms with Crippen LogP contribution in [-0.4, -0.2) is 28.5 Å². The lowest BCUT2D eigenvalue weighted by atomic mass is 10.0. The van der Waals surface area contributed by atoms with E-state index in [1.807, 2.05) is 13.8 Å². The van der Waals surface area contributed by atoms with Crippen LogP contribution in [0.5, 0.6) is 0 Å². The largest absolute Gasteiger partial charge is 0.550 e. The third kappa shape index (κ3) is 3.93. The van der Waals surface area contributed by atoms with E-state index in [1.165, 1.54) is 0 Å². The SMILES string of the molecule is CCC(O[Si](C)(C)C)C(C)(C(=O)[O-])[Si](C)(C)C. The van der Waals surface area contributed by atoms with E-state index in [4.69, 9.17) is 4.43 Å². The first-order chi connectivity index (χ1) is 7.36. The molecule has 0 aliphatic rings. The number of hydrogen-bond acceptors (Lipinski definition) is 3. The third-order valence-corrected chi connectivity index (χ3v) is 8.13. The van der Waals surface area contributed by atoms with Crippen LogP contribution in [0.1, 0.15) is 20.3 Å². The lowest BCUT2D eigenvalue weighted by Gasteiger charge is -2.48. The topological polar surface area (TPSA) is 49.4 Å². The summed E-state index contributed by atoms with van der Waals surface area (Å²) in [6.07, 6.45) is 0.491. The molecule has 0 rings (SSSR count). The van der Waals surface area contributed by atoms with Gasteiger partial charge in [0, 0.05) is 11.0 Å². The van der Waals surface area contributed by atoms with Crippen LogP contribution in [0.2, 0.25) is 44.3 Å². The smallest absolute Gasteiger partial charge is 0.184 e. The highest BCUT2D eigenvalue weighted by atomic mass is 28.4. The highest BCUT2D eigenvalue weighted by Crippen LogP contribution is 2.44. The first-order valence-electron chi connectivity index (χ1n) is 6.25. The fraction of sp³-hybridized carbons (Fsp3) is 0.917. The summed E-state index contributed by atoms with van der Waals surface area (Å²) in [5.74, 6) is -0.957. The molecule has 0 amide bonds. The Morgan fingerprint density at radius 3 is 1.82 bits per heavy atom. The van der Waals surface area contributed by atoms with Gasteiger partial charge in [-0.3, -0.25) is 0 Å². The summed E-state index contributed by atoms with van der Waals surface area (Å²) in [6, 6.07) is 0. The van der Waals surface area contributed by atoms with Gasteiger partial charge in [-0.05, 0) is 26.1 Å². The predicted octanol–water partition coefficient (Wildman–Crippen LogP) is 2.46. The minimum absolute atomic E-state index is 0.231. The molecule has 0 aliphatic carbocycles. The second-order valence-corrected chi connectivity index (χ2v) is 16.9. The van der Waals surface area contributed by atoms with E-state index in [1.54, 1.807) is 0 Å². The van der Waals surface area contributed by atoms with Crippen LogP contribution in [-0.2, 0) is 9.22 Å². The van der Waals surface area contributed by atoms with Gasteiger partial charge in [0.25, 0.3) is 0 Å². The lowest BCUT2D eigenvalue weighted by Crippen LogP contribution is -2.57. The van der Waals surface area contributed by atoms with Crippen molar-refractivity contribution in [1.29, 1.82) is 0 Å². The van der Waals surface area contributed by atoms with Gasteiger partial charge in [0.2, 0.25) is 0 Å². The summed E-state index contributed by atoms with van der Waals surface area (Å²) in [7, 11) is -3.67. The van der Waals surface area contributed by atoms with Crippen LogP contribution in [0.4, 0.5) is 0 Å². The number of rotatable bonds is 6. The molecule has 0 radical (unpaired) electrons. The van der Waals surface area contributed by atoms with Crippen molar-refractivity contribution in [3.05, 3.63) is 0 Å². The quantitative estimate of drug-likeness (QED) is 0.700. The molecule has 0 fully saturated rings. The normalized spacial score (nSPS) is 18.6. The first-order valence-corrected chi connectivity index (χ1v) is 13.2. The second kappa shape index (κ2) is 5.24. The number of hydrogen-bond donors (Lipinski definition) is 0. The van der Waals surface area contributed by atoms with Crippen LogP contribution in [0, 0.1) is 0 Å². The number of carbonyl (C=O) groups excluding carboxylic acids is 1. The maximum Gasteiger partial charge on any atom is 0.184 e. The molecule has 102 valence electrons. The molecule has 0 aliphatic heterocycles. The molecule has 2 atom stereocenters. The highest BCUT2D eigenvalue weighted by molar-refractivity contribution is 6.82. The Hall–Kier alpha value is -0.136. The summed E-state index contributed by atoms with van der Waals surface area (Å²) < 4.78 is 6.09. The molecule has 0 aromatic carbocycles. The van der Waals surface area contributed by atoms with Gasteiger partial charge in [-0.15, -0.1) is 0 Å². The number of carboxylic acids is 1. The van der Waals surface area contributed by atoms with Gasteiger partial charge in [-0.25, -0.2) is 0 Å². The van der Waals surface area contributed by atoms with Crippen molar-refractivity contribution in [2.45, 2.75) is 70.7 Å². The van der Waals surface area contributed by atoms with Crippen LogP contribution >= 0.6 is 0 Å². The van der Waals surface area contributed by atoms with Crippen molar-refractivity contribution in [1.82, 2.24) is 0 Å². The zero-order valence-electron chi connectivity index (χ0n) is 12.5. The molecule has 0 saturated carbocycles. The van der Waals surface area contributed by atoms with Crippen molar-refractivity contribution < 1.29 is 14.3 Å². The Bertz CT molecular complexity index is 278. The lowest BCUT2D eigenvalue weighted by molar-refractivity contribution is -0.312. The van der Waals surface area contributed by atoms with Crippen LogP contribution in [0.3, 0.4) is 0 Å². The highest BCUT2D eigenvalue weighted by Gasteiger charge is 2.47. The molecular weight excluding hydrogens is 248 g/mol. The maximum absolute atomic E-state index is 11.6. The zero-order chi connectivity index (χ0) is 14.1. The molecule has 5 heteroatoms. The van der Waals surface area contributed by atoms with E-state index in [-0.39, 0.29) is 6.10 Å². The molecule has 2 unspecified atom stereocenters. The van der Waals surface area contributed by atoms with Crippen LogP contribution < -0.4 is 5.11 Å². The Morgan fingerprint density at radius 2 is 1.65 bits per heavy atom. The van der Waals surface area contributed by atoms with Crippen molar-refractivity contribution in [3.63, 3.8) is 0 Å². The van der Waals surface area contributed by atoms with E-state index in [2.05, 4.69) is 39.3 Å². The van der Waals surface area contributed by atoms with Gasteiger partial charge in [-0.2, -0.15) is 0 Å². The maximum atomic E-state index is 11.6.